The van der Waals surface area contributed by atoms with E-state index in [0.29, 0.717) is 5.56 Å². The minimum atomic E-state index is -1.02. The lowest BCUT2D eigenvalue weighted by Crippen LogP contribution is -2.23. The van der Waals surface area contributed by atoms with E-state index in [2.05, 4.69) is 0 Å². The quantitative estimate of drug-likeness (QED) is 0.780. The molecule has 0 amide bonds. The number of carboxylic acids is 1. The molecule has 0 unspecified atom stereocenters. The Hall–Kier alpha value is -1.84. The van der Waals surface area contributed by atoms with Crippen molar-refractivity contribution >= 4 is 11.9 Å². The van der Waals surface area contributed by atoms with Crippen LogP contribution in [-0.4, -0.2) is 22.6 Å². The number of hydrogen-bond donors (Lipinski definition) is 1. The summed E-state index contributed by atoms with van der Waals surface area (Å²) >= 11 is 0. The van der Waals surface area contributed by atoms with Crippen LogP contribution in [0.5, 0.6) is 0 Å². The molecule has 0 aliphatic heterocycles. The number of hydrogen-bond acceptors (Lipinski definition) is 3. The summed E-state index contributed by atoms with van der Waals surface area (Å²) in [7, 11) is 0. The van der Waals surface area contributed by atoms with Crippen LogP contribution in [0, 0.1) is 0 Å². The second-order valence-corrected chi connectivity index (χ2v) is 4.38. The average Bonchev–Trinajstić information content (AvgIpc) is 2.15. The topological polar surface area (TPSA) is 63.6 Å². The van der Waals surface area contributed by atoms with Gasteiger partial charge in [0.25, 0.3) is 0 Å². The third kappa shape index (κ3) is 3.38. The molecule has 1 N–H and O–H groups in total. The first-order valence-electron chi connectivity index (χ1n) is 4.86. The SMILES string of the molecule is CC(C)(C)OC(=O)c1ccc(C(=O)O)cc1. The molecule has 4 heteroatoms. The summed E-state index contributed by atoms with van der Waals surface area (Å²) in [4.78, 5) is 22.2. The molecule has 0 bridgehead atoms. The summed E-state index contributed by atoms with van der Waals surface area (Å²) in [5.74, 6) is -1.47. The molecule has 0 radical (unpaired) electrons. The van der Waals surface area contributed by atoms with Gasteiger partial charge in [-0.3, -0.25) is 0 Å². The summed E-state index contributed by atoms with van der Waals surface area (Å²) in [6.07, 6.45) is 0. The Morgan fingerprint density at radius 2 is 1.50 bits per heavy atom. The zero-order chi connectivity index (χ0) is 12.3. The highest BCUT2D eigenvalue weighted by molar-refractivity contribution is 5.92. The van der Waals surface area contributed by atoms with Crippen LogP contribution < -0.4 is 0 Å². The molecule has 0 fully saturated rings. The van der Waals surface area contributed by atoms with E-state index in [1.165, 1.54) is 24.3 Å². The van der Waals surface area contributed by atoms with E-state index < -0.39 is 17.5 Å². The van der Waals surface area contributed by atoms with Gasteiger partial charge in [-0.1, -0.05) is 0 Å². The molecule has 0 saturated carbocycles. The molecule has 1 rings (SSSR count). The maximum atomic E-state index is 11.6. The first kappa shape index (κ1) is 12.2. The normalized spacial score (nSPS) is 10.9. The highest BCUT2D eigenvalue weighted by atomic mass is 16.6. The summed E-state index contributed by atoms with van der Waals surface area (Å²) in [5.41, 5.74) is -0.0602. The van der Waals surface area contributed by atoms with Gasteiger partial charge in [0.05, 0.1) is 11.1 Å². The van der Waals surface area contributed by atoms with Crippen molar-refractivity contribution in [3.63, 3.8) is 0 Å². The fraction of sp³-hybridized carbons (Fsp3) is 0.333. The van der Waals surface area contributed by atoms with Crippen molar-refractivity contribution in [2.24, 2.45) is 0 Å². The summed E-state index contributed by atoms with van der Waals surface area (Å²) in [5, 5.41) is 8.68. The molecule has 0 atom stereocenters. The average molecular weight is 222 g/mol. The van der Waals surface area contributed by atoms with E-state index in [1.807, 2.05) is 0 Å². The van der Waals surface area contributed by atoms with Gasteiger partial charge in [-0.25, -0.2) is 9.59 Å². The number of esters is 1. The van der Waals surface area contributed by atoms with Gasteiger partial charge in [-0.05, 0) is 45.0 Å². The van der Waals surface area contributed by atoms with Gasteiger partial charge in [0.15, 0.2) is 0 Å². The van der Waals surface area contributed by atoms with Crippen LogP contribution in [0.1, 0.15) is 41.5 Å². The maximum absolute atomic E-state index is 11.6. The Bertz CT molecular complexity index is 398. The summed E-state index contributed by atoms with van der Waals surface area (Å²) in [6.45, 7) is 5.32. The number of carbonyl (C=O) groups is 2. The van der Waals surface area contributed by atoms with Gasteiger partial charge in [0.2, 0.25) is 0 Å². The summed E-state index contributed by atoms with van der Waals surface area (Å²) < 4.78 is 5.14. The molecule has 0 heterocycles. The van der Waals surface area contributed by atoms with Gasteiger partial charge in [-0.2, -0.15) is 0 Å². The van der Waals surface area contributed by atoms with Crippen LogP contribution in [0.4, 0.5) is 0 Å². The Labute approximate surface area is 93.9 Å². The van der Waals surface area contributed by atoms with E-state index in [-0.39, 0.29) is 5.56 Å². The molecule has 0 saturated heterocycles. The molecule has 1 aromatic carbocycles. The van der Waals surface area contributed by atoms with Crippen LogP contribution >= 0.6 is 0 Å². The Kier molecular flexibility index (Phi) is 3.32. The predicted molar refractivity (Wildman–Crippen MR) is 58.6 cm³/mol. The lowest BCUT2D eigenvalue weighted by atomic mass is 10.1. The van der Waals surface area contributed by atoms with Gasteiger partial charge < -0.3 is 9.84 Å². The number of carboxylic acid groups (broad SMARTS) is 1. The van der Waals surface area contributed by atoms with Crippen molar-refractivity contribution in [1.82, 2.24) is 0 Å². The van der Waals surface area contributed by atoms with E-state index in [1.54, 1.807) is 20.8 Å². The molecule has 4 nitrogen and oxygen atoms in total. The molecule has 0 aromatic heterocycles. The molecular weight excluding hydrogens is 208 g/mol. The Morgan fingerprint density at radius 3 is 1.88 bits per heavy atom. The Morgan fingerprint density at radius 1 is 1.06 bits per heavy atom. The van der Waals surface area contributed by atoms with Gasteiger partial charge in [0, 0.05) is 0 Å². The van der Waals surface area contributed by atoms with Crippen molar-refractivity contribution < 1.29 is 19.4 Å². The molecular formula is C12H14O4. The van der Waals surface area contributed by atoms with Crippen molar-refractivity contribution in [2.75, 3.05) is 0 Å². The minimum absolute atomic E-state index is 0.146. The number of ether oxygens (including phenoxy) is 1. The number of carbonyl (C=O) groups excluding carboxylic acids is 1. The first-order chi connectivity index (χ1) is 7.29. The van der Waals surface area contributed by atoms with Crippen LogP contribution in [0.25, 0.3) is 0 Å². The number of aromatic carboxylic acids is 1. The van der Waals surface area contributed by atoms with Gasteiger partial charge >= 0.3 is 11.9 Å². The van der Waals surface area contributed by atoms with Crippen LogP contribution in [0.15, 0.2) is 24.3 Å². The third-order valence-corrected chi connectivity index (χ3v) is 1.77. The molecule has 0 aliphatic carbocycles. The maximum Gasteiger partial charge on any atom is 0.338 e. The number of rotatable bonds is 2. The fourth-order valence-electron chi connectivity index (χ4n) is 1.09. The van der Waals surface area contributed by atoms with Gasteiger partial charge in [-0.15, -0.1) is 0 Å². The minimum Gasteiger partial charge on any atom is -0.478 e. The first-order valence-corrected chi connectivity index (χ1v) is 4.86. The van der Waals surface area contributed by atoms with Crippen molar-refractivity contribution in [2.45, 2.75) is 26.4 Å². The van der Waals surface area contributed by atoms with E-state index in [0.717, 1.165) is 0 Å². The van der Waals surface area contributed by atoms with Crippen LogP contribution in [0.2, 0.25) is 0 Å². The lowest BCUT2D eigenvalue weighted by Gasteiger charge is -2.19. The fourth-order valence-corrected chi connectivity index (χ4v) is 1.09. The van der Waals surface area contributed by atoms with Crippen molar-refractivity contribution in [3.8, 4) is 0 Å². The van der Waals surface area contributed by atoms with Crippen LogP contribution in [-0.2, 0) is 4.74 Å². The van der Waals surface area contributed by atoms with E-state index in [4.69, 9.17) is 9.84 Å². The highest BCUT2D eigenvalue weighted by Gasteiger charge is 2.17. The molecule has 86 valence electrons. The number of benzene rings is 1. The van der Waals surface area contributed by atoms with Crippen LogP contribution in [0.3, 0.4) is 0 Å². The zero-order valence-corrected chi connectivity index (χ0v) is 9.48. The second kappa shape index (κ2) is 4.35. The standard InChI is InChI=1S/C12H14O4/c1-12(2,3)16-11(15)9-6-4-8(5-7-9)10(13)14/h4-7H,1-3H3,(H,13,14). The zero-order valence-electron chi connectivity index (χ0n) is 9.48. The third-order valence-electron chi connectivity index (χ3n) is 1.77. The monoisotopic (exact) mass is 222 g/mol. The van der Waals surface area contributed by atoms with Crippen molar-refractivity contribution in [3.05, 3.63) is 35.4 Å². The molecule has 16 heavy (non-hydrogen) atoms. The van der Waals surface area contributed by atoms with E-state index >= 15 is 0 Å². The molecule has 0 aliphatic rings. The highest BCUT2D eigenvalue weighted by Crippen LogP contribution is 2.12. The smallest absolute Gasteiger partial charge is 0.338 e. The largest absolute Gasteiger partial charge is 0.478 e. The second-order valence-electron chi connectivity index (χ2n) is 4.38. The van der Waals surface area contributed by atoms with E-state index in [9.17, 15) is 9.59 Å². The van der Waals surface area contributed by atoms with Gasteiger partial charge in [0.1, 0.15) is 5.60 Å². The summed E-state index contributed by atoms with van der Waals surface area (Å²) in [6, 6.07) is 5.64. The lowest BCUT2D eigenvalue weighted by molar-refractivity contribution is 0.00691. The molecule has 1 aromatic rings. The van der Waals surface area contributed by atoms with Crippen molar-refractivity contribution in [1.29, 1.82) is 0 Å². The Balaban J connectivity index is 2.82. The molecule has 0 spiro atoms. The predicted octanol–water partition coefficient (Wildman–Crippen LogP) is 2.34.